The summed E-state index contributed by atoms with van der Waals surface area (Å²) in [5.41, 5.74) is 6.58. The molecule has 0 aliphatic heterocycles. The first-order chi connectivity index (χ1) is 16.0. The molecule has 1 amide bonds. The van der Waals surface area contributed by atoms with Crippen molar-refractivity contribution in [2.45, 2.75) is 33.1 Å². The molecule has 1 N–H and O–H groups in total. The molecular formula is C27H27ClN4O. The largest absolute Gasteiger partial charge is 0.361 e. The maximum atomic E-state index is 13.7. The maximum absolute atomic E-state index is 13.7. The van der Waals surface area contributed by atoms with Crippen LogP contribution in [0.15, 0.2) is 55.0 Å². The molecule has 0 unspecified atom stereocenters. The van der Waals surface area contributed by atoms with Crippen LogP contribution in [-0.2, 0) is 6.42 Å². The molecule has 6 heteroatoms. The summed E-state index contributed by atoms with van der Waals surface area (Å²) < 4.78 is 0. The maximum Gasteiger partial charge on any atom is 0.274 e. The Morgan fingerprint density at radius 1 is 1.09 bits per heavy atom. The van der Waals surface area contributed by atoms with E-state index in [4.69, 9.17) is 11.6 Å². The molecule has 5 nitrogen and oxygen atoms in total. The van der Waals surface area contributed by atoms with Crippen LogP contribution in [0.5, 0.6) is 0 Å². The third kappa shape index (κ3) is 4.64. The number of hydrogen-bond donors (Lipinski definition) is 1. The van der Waals surface area contributed by atoms with Gasteiger partial charge in [-0.3, -0.25) is 9.78 Å². The molecule has 0 saturated heterocycles. The Bertz CT molecular complexity index is 1320. The number of carbonyl (C=O) groups is 1. The lowest BCUT2D eigenvalue weighted by Crippen LogP contribution is -2.35. The number of carbonyl (C=O) groups excluding carboxylic acids is 1. The summed E-state index contributed by atoms with van der Waals surface area (Å²) in [6.45, 7) is 5.55. The van der Waals surface area contributed by atoms with Crippen LogP contribution in [0.25, 0.3) is 22.2 Å². The van der Waals surface area contributed by atoms with E-state index in [2.05, 4.69) is 40.9 Å². The molecule has 1 saturated carbocycles. The molecule has 1 fully saturated rings. The van der Waals surface area contributed by atoms with E-state index in [0.29, 0.717) is 28.9 Å². The normalized spacial score (nSPS) is 13.4. The molecule has 2 aromatic heterocycles. The van der Waals surface area contributed by atoms with Gasteiger partial charge in [-0.1, -0.05) is 29.8 Å². The van der Waals surface area contributed by atoms with Crippen molar-refractivity contribution in [3.63, 3.8) is 0 Å². The van der Waals surface area contributed by atoms with E-state index < -0.39 is 0 Å². The SMILES string of the molecule is Cc1ccc(-c2nccnc2C(=O)N(CCc2c[nH]c3cc(Cl)ccc23)CC2CC2)cc1C. The van der Waals surface area contributed by atoms with Gasteiger partial charge in [-0.2, -0.15) is 0 Å². The van der Waals surface area contributed by atoms with Gasteiger partial charge in [-0.25, -0.2) is 4.98 Å². The molecule has 33 heavy (non-hydrogen) atoms. The predicted octanol–water partition coefficient (Wildman–Crippen LogP) is 5.99. The van der Waals surface area contributed by atoms with Crippen LogP contribution in [-0.4, -0.2) is 38.8 Å². The highest BCUT2D eigenvalue weighted by atomic mass is 35.5. The first-order valence-electron chi connectivity index (χ1n) is 11.4. The zero-order chi connectivity index (χ0) is 22.9. The molecule has 0 radical (unpaired) electrons. The Balaban J connectivity index is 1.42. The van der Waals surface area contributed by atoms with Gasteiger partial charge in [0.05, 0.1) is 0 Å². The molecule has 1 aliphatic carbocycles. The summed E-state index contributed by atoms with van der Waals surface area (Å²) in [4.78, 5) is 28.0. The van der Waals surface area contributed by atoms with Crippen molar-refractivity contribution in [2.24, 2.45) is 5.92 Å². The molecule has 168 valence electrons. The Labute approximate surface area is 198 Å². The third-order valence-electron chi connectivity index (χ3n) is 6.52. The van der Waals surface area contributed by atoms with Gasteiger partial charge < -0.3 is 9.88 Å². The van der Waals surface area contributed by atoms with Crippen LogP contribution < -0.4 is 0 Å². The molecular weight excluding hydrogens is 432 g/mol. The molecule has 0 bridgehead atoms. The number of halogens is 1. The number of aromatic amines is 1. The van der Waals surface area contributed by atoms with E-state index in [1.807, 2.05) is 35.4 Å². The van der Waals surface area contributed by atoms with E-state index in [-0.39, 0.29) is 5.91 Å². The zero-order valence-corrected chi connectivity index (χ0v) is 19.7. The fourth-order valence-electron chi connectivity index (χ4n) is 4.25. The second kappa shape index (κ2) is 8.99. The van der Waals surface area contributed by atoms with Gasteiger partial charge in [0, 0.05) is 53.2 Å². The summed E-state index contributed by atoms with van der Waals surface area (Å²) in [5.74, 6) is 0.531. The number of rotatable bonds is 7. The second-order valence-electron chi connectivity index (χ2n) is 9.00. The lowest BCUT2D eigenvalue weighted by atomic mass is 10.0. The lowest BCUT2D eigenvalue weighted by Gasteiger charge is -2.23. The molecule has 4 aromatic rings. The molecule has 1 aliphatic rings. The summed E-state index contributed by atoms with van der Waals surface area (Å²) >= 11 is 6.13. The molecule has 0 spiro atoms. The van der Waals surface area contributed by atoms with E-state index in [1.54, 1.807) is 12.4 Å². The summed E-state index contributed by atoms with van der Waals surface area (Å²) in [5, 5.41) is 1.86. The first kappa shape index (κ1) is 21.7. The molecule has 0 atom stereocenters. The second-order valence-corrected chi connectivity index (χ2v) is 9.44. The minimum atomic E-state index is -0.0499. The summed E-state index contributed by atoms with van der Waals surface area (Å²) in [6, 6.07) is 12.0. The van der Waals surface area contributed by atoms with Gasteiger partial charge in [-0.15, -0.1) is 0 Å². The van der Waals surface area contributed by atoms with E-state index in [9.17, 15) is 4.79 Å². The first-order valence-corrected chi connectivity index (χ1v) is 11.8. The van der Waals surface area contributed by atoms with Crippen molar-refractivity contribution in [2.75, 3.05) is 13.1 Å². The van der Waals surface area contributed by atoms with Crippen molar-refractivity contribution < 1.29 is 4.79 Å². The average Bonchev–Trinajstić information content (AvgIpc) is 3.56. The Hall–Kier alpha value is -3.18. The number of fused-ring (bicyclic) bond motifs is 1. The highest BCUT2D eigenvalue weighted by molar-refractivity contribution is 6.31. The number of aryl methyl sites for hydroxylation is 2. The number of nitrogens with zero attached hydrogens (tertiary/aromatic N) is 3. The Morgan fingerprint density at radius 3 is 2.70 bits per heavy atom. The monoisotopic (exact) mass is 458 g/mol. The standard InChI is InChI=1S/C27H27ClN4O/c1-17-3-6-20(13-18(17)2)25-26(30-11-10-29-25)27(33)32(16-19-4-5-19)12-9-21-15-31-24-14-22(28)7-8-23(21)24/h3,6-8,10-11,13-15,19,31H,4-5,9,12,16H2,1-2H3. The Kier molecular flexibility index (Phi) is 5.90. The molecule has 2 heterocycles. The van der Waals surface area contributed by atoms with Gasteiger partial charge in [0.1, 0.15) is 5.69 Å². The van der Waals surface area contributed by atoms with E-state index in [0.717, 1.165) is 29.4 Å². The number of amides is 1. The molecule has 2 aromatic carbocycles. The third-order valence-corrected chi connectivity index (χ3v) is 6.76. The van der Waals surface area contributed by atoms with Crippen molar-refractivity contribution in [1.29, 1.82) is 0 Å². The smallest absolute Gasteiger partial charge is 0.274 e. The van der Waals surface area contributed by atoms with E-state index >= 15 is 0 Å². The summed E-state index contributed by atoms with van der Waals surface area (Å²) in [6.07, 6.45) is 8.41. The van der Waals surface area contributed by atoms with Gasteiger partial charge in [0.2, 0.25) is 0 Å². The number of nitrogens with one attached hydrogen (secondary N) is 1. The number of hydrogen-bond acceptors (Lipinski definition) is 3. The van der Waals surface area contributed by atoms with Gasteiger partial charge in [0.15, 0.2) is 5.69 Å². The van der Waals surface area contributed by atoms with Crippen molar-refractivity contribution in [1.82, 2.24) is 19.9 Å². The van der Waals surface area contributed by atoms with Crippen LogP contribution in [0.4, 0.5) is 0 Å². The van der Waals surface area contributed by atoms with Crippen molar-refractivity contribution in [3.8, 4) is 11.3 Å². The van der Waals surface area contributed by atoms with Gasteiger partial charge in [0.25, 0.3) is 5.91 Å². The summed E-state index contributed by atoms with van der Waals surface area (Å²) in [7, 11) is 0. The lowest BCUT2D eigenvalue weighted by molar-refractivity contribution is 0.0744. The Morgan fingerprint density at radius 2 is 1.91 bits per heavy atom. The minimum absolute atomic E-state index is 0.0499. The molecule has 5 rings (SSSR count). The van der Waals surface area contributed by atoms with Crippen LogP contribution in [0, 0.1) is 19.8 Å². The number of aromatic nitrogens is 3. The van der Waals surface area contributed by atoms with Gasteiger partial charge in [-0.05, 0) is 73.9 Å². The number of H-pyrrole nitrogens is 1. The zero-order valence-electron chi connectivity index (χ0n) is 18.9. The van der Waals surface area contributed by atoms with Crippen molar-refractivity contribution in [3.05, 3.63) is 82.4 Å². The van der Waals surface area contributed by atoms with Crippen LogP contribution in [0.1, 0.15) is 40.0 Å². The quantitative estimate of drug-likeness (QED) is 0.370. The predicted molar refractivity (Wildman–Crippen MR) is 133 cm³/mol. The minimum Gasteiger partial charge on any atom is -0.361 e. The highest BCUT2D eigenvalue weighted by Crippen LogP contribution is 2.31. The fraction of sp³-hybridized carbons (Fsp3) is 0.296. The number of benzene rings is 2. The fourth-order valence-corrected chi connectivity index (χ4v) is 4.42. The average molecular weight is 459 g/mol. The van der Waals surface area contributed by atoms with Gasteiger partial charge >= 0.3 is 0 Å². The van der Waals surface area contributed by atoms with Crippen LogP contribution in [0.2, 0.25) is 5.02 Å². The van der Waals surface area contributed by atoms with Crippen LogP contribution in [0.3, 0.4) is 0 Å². The highest BCUT2D eigenvalue weighted by Gasteiger charge is 2.29. The van der Waals surface area contributed by atoms with Crippen LogP contribution >= 0.6 is 11.6 Å². The van der Waals surface area contributed by atoms with Crippen molar-refractivity contribution >= 4 is 28.4 Å². The van der Waals surface area contributed by atoms with E-state index in [1.165, 1.54) is 29.5 Å². The topological polar surface area (TPSA) is 61.9 Å².